The largest absolute Gasteiger partial charge is 0.395 e. The Hall–Kier alpha value is -2.90. The first-order valence-electron chi connectivity index (χ1n) is 10.3. The minimum Gasteiger partial charge on any atom is -0.395 e. The number of allylic oxidation sites excluding steroid dienone is 1. The maximum absolute atomic E-state index is 11.1. The van der Waals surface area contributed by atoms with Gasteiger partial charge in [-0.3, -0.25) is 10.1 Å². The molecule has 0 saturated carbocycles. The summed E-state index contributed by atoms with van der Waals surface area (Å²) < 4.78 is 0. The lowest BCUT2D eigenvalue weighted by Crippen LogP contribution is -2.29. The second-order valence-corrected chi connectivity index (χ2v) is 7.12. The molecule has 1 unspecified atom stereocenters. The molecule has 2 aromatic rings. The number of nitro benzene ring substituents is 1. The summed E-state index contributed by atoms with van der Waals surface area (Å²) in [5, 5.41) is 32.8. The summed E-state index contributed by atoms with van der Waals surface area (Å²) in [7, 11) is 0. The predicted octanol–water partition coefficient (Wildman–Crippen LogP) is 4.02. The molecule has 0 heterocycles. The third kappa shape index (κ3) is 6.57. The van der Waals surface area contributed by atoms with Crippen LogP contribution in [0.25, 0.3) is 6.08 Å². The fourth-order valence-electron chi connectivity index (χ4n) is 3.37. The molecule has 162 valence electrons. The lowest BCUT2D eigenvalue weighted by Gasteiger charge is -2.22. The van der Waals surface area contributed by atoms with Crippen molar-refractivity contribution in [3.8, 4) is 0 Å². The van der Waals surface area contributed by atoms with Crippen molar-refractivity contribution in [1.82, 2.24) is 0 Å². The summed E-state index contributed by atoms with van der Waals surface area (Å²) in [6.07, 6.45) is 4.86. The van der Waals surface area contributed by atoms with E-state index in [9.17, 15) is 10.1 Å². The van der Waals surface area contributed by atoms with Crippen LogP contribution in [0.4, 0.5) is 17.1 Å². The summed E-state index contributed by atoms with van der Waals surface area (Å²) in [4.78, 5) is 12.7. The molecule has 0 bridgehead atoms. The monoisotopic (exact) mass is 413 g/mol. The molecule has 2 aromatic carbocycles. The van der Waals surface area contributed by atoms with Crippen molar-refractivity contribution in [1.29, 1.82) is 0 Å². The number of benzene rings is 2. The third-order valence-corrected chi connectivity index (χ3v) is 4.94. The number of aliphatic hydroxyl groups excluding tert-OH is 2. The van der Waals surface area contributed by atoms with Crippen LogP contribution in [0.1, 0.15) is 37.3 Å². The predicted molar refractivity (Wildman–Crippen MR) is 122 cm³/mol. The van der Waals surface area contributed by atoms with Gasteiger partial charge in [-0.15, -0.1) is 0 Å². The Morgan fingerprint density at radius 3 is 2.37 bits per heavy atom. The molecule has 0 aliphatic heterocycles. The van der Waals surface area contributed by atoms with Crippen LogP contribution in [-0.2, 0) is 0 Å². The van der Waals surface area contributed by atoms with Gasteiger partial charge in [-0.2, -0.15) is 0 Å². The van der Waals surface area contributed by atoms with Crippen LogP contribution in [0.3, 0.4) is 0 Å². The summed E-state index contributed by atoms with van der Waals surface area (Å²) in [6.45, 7) is 5.84. The summed E-state index contributed by atoms with van der Waals surface area (Å²) in [5.74, 6) is 0.124. The molecule has 0 fully saturated rings. The van der Waals surface area contributed by atoms with Crippen molar-refractivity contribution >= 4 is 23.1 Å². The molecule has 0 aliphatic rings. The molecule has 0 spiro atoms. The second kappa shape index (κ2) is 11.9. The highest BCUT2D eigenvalue weighted by molar-refractivity contribution is 5.59. The molecule has 1 atom stereocenters. The van der Waals surface area contributed by atoms with E-state index in [1.54, 1.807) is 12.1 Å². The first-order valence-corrected chi connectivity index (χ1v) is 10.3. The number of rotatable bonds is 12. The molecule has 7 nitrogen and oxygen atoms in total. The van der Waals surface area contributed by atoms with Crippen molar-refractivity contribution in [2.45, 2.75) is 26.2 Å². The number of nitro groups is 1. The molecule has 0 amide bonds. The van der Waals surface area contributed by atoms with Crippen LogP contribution in [-0.4, -0.2) is 48.0 Å². The van der Waals surface area contributed by atoms with E-state index >= 15 is 0 Å². The first-order chi connectivity index (χ1) is 14.5. The molecule has 30 heavy (non-hydrogen) atoms. The third-order valence-electron chi connectivity index (χ3n) is 4.94. The highest BCUT2D eigenvalue weighted by atomic mass is 16.6. The van der Waals surface area contributed by atoms with Gasteiger partial charge in [0.15, 0.2) is 0 Å². The van der Waals surface area contributed by atoms with Crippen LogP contribution in [0.2, 0.25) is 0 Å². The number of hydrogen-bond donors (Lipinski definition) is 3. The first kappa shape index (κ1) is 23.4. The van der Waals surface area contributed by atoms with Crippen LogP contribution >= 0.6 is 0 Å². The zero-order chi connectivity index (χ0) is 21.9. The standard InChI is InChI=1S/C23H31N3O4/c1-3-24-23-12-11-21(26(29)30)17-22(23)18(2)5-4-6-19-7-9-20(10-8-19)25(13-15-27)14-16-28/h4,6-12,17-18,24,27-28H,3,5,13-16H2,1-2H3/b6-4+. The van der Waals surface area contributed by atoms with Crippen LogP contribution in [0.5, 0.6) is 0 Å². The van der Waals surface area contributed by atoms with Gasteiger partial charge in [0.05, 0.1) is 18.1 Å². The topological polar surface area (TPSA) is 98.9 Å². The molecular weight excluding hydrogens is 382 g/mol. The molecule has 2 rings (SSSR count). The quantitative estimate of drug-likeness (QED) is 0.359. The Balaban J connectivity index is 2.07. The van der Waals surface area contributed by atoms with Gasteiger partial charge in [0.2, 0.25) is 0 Å². The summed E-state index contributed by atoms with van der Waals surface area (Å²) in [5.41, 5.74) is 3.98. The minimum absolute atomic E-state index is 0.0338. The van der Waals surface area contributed by atoms with E-state index in [0.717, 1.165) is 35.5 Å². The average molecular weight is 414 g/mol. The smallest absolute Gasteiger partial charge is 0.269 e. The van der Waals surface area contributed by atoms with Gasteiger partial charge < -0.3 is 20.4 Å². The average Bonchev–Trinajstić information content (AvgIpc) is 2.74. The maximum atomic E-state index is 11.1. The summed E-state index contributed by atoms with van der Waals surface area (Å²) in [6, 6.07) is 12.9. The van der Waals surface area contributed by atoms with Crippen molar-refractivity contribution in [3.05, 3.63) is 69.8 Å². The number of anilines is 2. The molecule has 3 N–H and O–H groups in total. The molecule has 0 saturated heterocycles. The van der Waals surface area contributed by atoms with E-state index in [0.29, 0.717) is 13.1 Å². The Labute approximate surface area is 177 Å². The molecule has 0 radical (unpaired) electrons. The number of nitrogens with zero attached hydrogens (tertiary/aromatic N) is 2. The van der Waals surface area contributed by atoms with Gasteiger partial charge in [0, 0.05) is 43.1 Å². The fraction of sp³-hybridized carbons (Fsp3) is 0.391. The van der Waals surface area contributed by atoms with Crippen molar-refractivity contribution in [2.75, 3.05) is 43.1 Å². The normalized spacial score (nSPS) is 12.1. The molecular formula is C23H31N3O4. The Kier molecular flexibility index (Phi) is 9.31. The van der Waals surface area contributed by atoms with E-state index in [4.69, 9.17) is 10.2 Å². The fourth-order valence-corrected chi connectivity index (χ4v) is 3.37. The zero-order valence-electron chi connectivity index (χ0n) is 17.6. The van der Waals surface area contributed by atoms with Gasteiger partial charge in [-0.05, 0) is 48.6 Å². The lowest BCUT2D eigenvalue weighted by molar-refractivity contribution is -0.384. The van der Waals surface area contributed by atoms with Gasteiger partial charge in [-0.1, -0.05) is 31.2 Å². The van der Waals surface area contributed by atoms with E-state index in [1.807, 2.05) is 42.2 Å². The Bertz CT molecular complexity index is 831. The molecule has 0 aliphatic carbocycles. The van der Waals surface area contributed by atoms with E-state index in [2.05, 4.69) is 18.3 Å². The maximum Gasteiger partial charge on any atom is 0.269 e. The van der Waals surface area contributed by atoms with Crippen molar-refractivity contribution in [3.63, 3.8) is 0 Å². The van der Waals surface area contributed by atoms with Crippen molar-refractivity contribution < 1.29 is 15.1 Å². The number of aliphatic hydroxyl groups is 2. The van der Waals surface area contributed by atoms with Crippen LogP contribution < -0.4 is 10.2 Å². The Morgan fingerprint density at radius 2 is 1.80 bits per heavy atom. The van der Waals surface area contributed by atoms with E-state index in [1.165, 1.54) is 6.07 Å². The van der Waals surface area contributed by atoms with E-state index in [-0.39, 0.29) is 29.7 Å². The number of non-ortho nitro benzene ring substituents is 1. The number of nitrogens with one attached hydrogen (secondary N) is 1. The van der Waals surface area contributed by atoms with Crippen LogP contribution in [0.15, 0.2) is 48.5 Å². The van der Waals surface area contributed by atoms with E-state index < -0.39 is 0 Å². The van der Waals surface area contributed by atoms with Gasteiger partial charge >= 0.3 is 0 Å². The van der Waals surface area contributed by atoms with Crippen molar-refractivity contribution in [2.24, 2.45) is 0 Å². The highest BCUT2D eigenvalue weighted by Gasteiger charge is 2.15. The molecule has 0 aromatic heterocycles. The SMILES string of the molecule is CCNc1ccc([N+](=O)[O-])cc1C(C)C/C=C/c1ccc(N(CCO)CCO)cc1. The molecule has 7 heteroatoms. The van der Waals surface area contributed by atoms with Gasteiger partial charge in [0.25, 0.3) is 5.69 Å². The van der Waals surface area contributed by atoms with Crippen LogP contribution in [0, 0.1) is 10.1 Å². The zero-order valence-corrected chi connectivity index (χ0v) is 17.6. The number of hydrogen-bond acceptors (Lipinski definition) is 6. The van der Waals surface area contributed by atoms with Gasteiger partial charge in [-0.25, -0.2) is 0 Å². The summed E-state index contributed by atoms with van der Waals surface area (Å²) >= 11 is 0. The van der Waals surface area contributed by atoms with Gasteiger partial charge in [0.1, 0.15) is 0 Å². The second-order valence-electron chi connectivity index (χ2n) is 7.12. The lowest BCUT2D eigenvalue weighted by atomic mass is 9.95. The minimum atomic E-state index is -0.361. The highest BCUT2D eigenvalue weighted by Crippen LogP contribution is 2.31. The Morgan fingerprint density at radius 1 is 1.13 bits per heavy atom.